The molecule has 1 amide bonds. The highest BCUT2D eigenvalue weighted by Gasteiger charge is 2.17. The minimum absolute atomic E-state index is 0.0105. The molecule has 3 rings (SSSR count). The summed E-state index contributed by atoms with van der Waals surface area (Å²) in [5.41, 5.74) is 4.53. The van der Waals surface area contributed by atoms with E-state index in [-0.39, 0.29) is 11.3 Å². The van der Waals surface area contributed by atoms with Crippen molar-refractivity contribution in [1.29, 1.82) is 0 Å². The van der Waals surface area contributed by atoms with Gasteiger partial charge in [0.25, 0.3) is 5.91 Å². The van der Waals surface area contributed by atoms with E-state index < -0.39 is 0 Å². The number of benzene rings is 1. The van der Waals surface area contributed by atoms with Crippen molar-refractivity contribution in [3.8, 4) is 0 Å². The van der Waals surface area contributed by atoms with Crippen LogP contribution in [0.4, 0.5) is 11.4 Å². The van der Waals surface area contributed by atoms with Crippen LogP contribution < -0.4 is 10.6 Å². The average molecular weight is 360 g/mol. The number of hydrogen-bond donors (Lipinski definition) is 2. The Morgan fingerprint density at radius 2 is 1.74 bits per heavy atom. The summed E-state index contributed by atoms with van der Waals surface area (Å²) in [4.78, 5) is 20.6. The summed E-state index contributed by atoms with van der Waals surface area (Å²) in [6.07, 6.45) is 6.71. The molecule has 0 aliphatic rings. The van der Waals surface area contributed by atoms with Crippen molar-refractivity contribution >= 4 is 17.3 Å². The van der Waals surface area contributed by atoms with Crippen molar-refractivity contribution in [2.24, 2.45) is 0 Å². The Kier molecular flexibility index (Phi) is 5.50. The molecule has 0 aliphatic carbocycles. The number of amides is 1. The van der Waals surface area contributed by atoms with Crippen LogP contribution in [0.5, 0.6) is 0 Å². The van der Waals surface area contributed by atoms with E-state index in [0.29, 0.717) is 12.1 Å². The fourth-order valence-corrected chi connectivity index (χ4v) is 2.82. The molecule has 0 atom stereocenters. The van der Waals surface area contributed by atoms with Crippen LogP contribution in [0.25, 0.3) is 0 Å². The Hall–Kier alpha value is -3.21. The number of anilines is 2. The Bertz CT molecular complexity index is 917. The first-order valence-corrected chi connectivity index (χ1v) is 8.92. The second-order valence-corrected chi connectivity index (χ2v) is 7.42. The van der Waals surface area contributed by atoms with E-state index in [0.717, 1.165) is 16.9 Å². The third-order valence-electron chi connectivity index (χ3n) is 4.22. The zero-order valence-electron chi connectivity index (χ0n) is 15.9. The molecule has 138 valence electrons. The number of hydrogen-bond acceptors (Lipinski definition) is 4. The van der Waals surface area contributed by atoms with Gasteiger partial charge < -0.3 is 10.6 Å². The first-order chi connectivity index (χ1) is 12.9. The van der Waals surface area contributed by atoms with E-state index in [2.05, 4.69) is 47.4 Å². The fourth-order valence-electron chi connectivity index (χ4n) is 2.82. The van der Waals surface area contributed by atoms with Gasteiger partial charge >= 0.3 is 0 Å². The van der Waals surface area contributed by atoms with Gasteiger partial charge in [-0.1, -0.05) is 39.0 Å². The quantitative estimate of drug-likeness (QED) is 0.705. The molecular formula is C22H24N4O. The first kappa shape index (κ1) is 18.6. The van der Waals surface area contributed by atoms with Gasteiger partial charge in [-0.05, 0) is 40.8 Å². The van der Waals surface area contributed by atoms with Gasteiger partial charge in [0.15, 0.2) is 0 Å². The van der Waals surface area contributed by atoms with Crippen molar-refractivity contribution in [3.05, 3.63) is 83.9 Å². The molecule has 3 aromatic rings. The lowest BCUT2D eigenvalue weighted by Crippen LogP contribution is -2.23. The van der Waals surface area contributed by atoms with E-state index in [4.69, 9.17) is 0 Å². The third-order valence-corrected chi connectivity index (χ3v) is 4.22. The van der Waals surface area contributed by atoms with Crippen LogP contribution in [0, 0.1) is 0 Å². The number of nitrogens with zero attached hydrogens (tertiary/aromatic N) is 2. The summed E-state index contributed by atoms with van der Waals surface area (Å²) in [6, 6.07) is 13.7. The monoisotopic (exact) mass is 360 g/mol. The van der Waals surface area contributed by atoms with E-state index >= 15 is 0 Å². The predicted molar refractivity (Wildman–Crippen MR) is 108 cm³/mol. The van der Waals surface area contributed by atoms with Crippen molar-refractivity contribution in [2.45, 2.75) is 32.7 Å². The number of rotatable bonds is 5. The Morgan fingerprint density at radius 1 is 1.00 bits per heavy atom. The molecule has 1 aromatic carbocycles. The normalized spacial score (nSPS) is 11.1. The van der Waals surface area contributed by atoms with E-state index in [1.807, 2.05) is 36.4 Å². The second kappa shape index (κ2) is 7.99. The van der Waals surface area contributed by atoms with Gasteiger partial charge in [-0.2, -0.15) is 0 Å². The molecule has 0 bridgehead atoms. The number of pyridine rings is 2. The number of nitrogens with one attached hydrogen (secondary N) is 2. The summed E-state index contributed by atoms with van der Waals surface area (Å²) in [6.45, 7) is 6.98. The molecule has 2 aromatic heterocycles. The molecule has 0 unspecified atom stereocenters. The summed E-state index contributed by atoms with van der Waals surface area (Å²) < 4.78 is 0. The highest BCUT2D eigenvalue weighted by atomic mass is 16.1. The molecule has 0 radical (unpaired) electrons. The Balaban J connectivity index is 1.74. The topological polar surface area (TPSA) is 66.9 Å². The summed E-state index contributed by atoms with van der Waals surface area (Å²) in [7, 11) is 0. The van der Waals surface area contributed by atoms with Gasteiger partial charge in [-0.3, -0.25) is 14.8 Å². The standard InChI is InChI=1S/C22H24N4O/c1-22(2,3)19-6-4-5-7-20(19)26-18-12-17(14-24-15-18)21(27)25-13-16-8-10-23-11-9-16/h4-12,14-15,26H,13H2,1-3H3,(H,25,27). The third kappa shape index (κ3) is 4.91. The maximum atomic E-state index is 12.5. The van der Waals surface area contributed by atoms with Crippen molar-refractivity contribution in [3.63, 3.8) is 0 Å². The zero-order chi connectivity index (χ0) is 19.3. The van der Waals surface area contributed by atoms with Crippen LogP contribution in [0.15, 0.2) is 67.3 Å². The fraction of sp³-hybridized carbons (Fsp3) is 0.227. The van der Waals surface area contributed by atoms with Gasteiger partial charge in [0, 0.05) is 30.8 Å². The zero-order valence-corrected chi connectivity index (χ0v) is 15.9. The summed E-state index contributed by atoms with van der Waals surface area (Å²) in [5, 5.41) is 6.30. The first-order valence-electron chi connectivity index (χ1n) is 8.92. The second-order valence-electron chi connectivity index (χ2n) is 7.42. The average Bonchev–Trinajstić information content (AvgIpc) is 2.67. The van der Waals surface area contributed by atoms with Crippen LogP contribution >= 0.6 is 0 Å². The minimum Gasteiger partial charge on any atom is -0.354 e. The Labute approximate surface area is 159 Å². The van der Waals surface area contributed by atoms with Crippen LogP contribution in [-0.4, -0.2) is 15.9 Å². The maximum absolute atomic E-state index is 12.5. The SMILES string of the molecule is CC(C)(C)c1ccccc1Nc1cncc(C(=O)NCc2ccncc2)c1. The van der Waals surface area contributed by atoms with Crippen molar-refractivity contribution in [1.82, 2.24) is 15.3 Å². The molecule has 0 aliphatic heterocycles. The number of carbonyl (C=O) groups is 1. The van der Waals surface area contributed by atoms with Gasteiger partial charge in [-0.25, -0.2) is 0 Å². The summed E-state index contributed by atoms with van der Waals surface area (Å²) >= 11 is 0. The number of carbonyl (C=O) groups excluding carboxylic acids is 1. The smallest absolute Gasteiger partial charge is 0.253 e. The van der Waals surface area contributed by atoms with Crippen LogP contribution in [-0.2, 0) is 12.0 Å². The molecule has 2 heterocycles. The maximum Gasteiger partial charge on any atom is 0.253 e. The lowest BCUT2D eigenvalue weighted by molar-refractivity contribution is 0.0950. The Morgan fingerprint density at radius 3 is 2.48 bits per heavy atom. The molecule has 5 heteroatoms. The highest BCUT2D eigenvalue weighted by molar-refractivity contribution is 5.94. The predicted octanol–water partition coefficient (Wildman–Crippen LogP) is 4.45. The molecule has 0 saturated heterocycles. The molecule has 2 N–H and O–H groups in total. The van der Waals surface area contributed by atoms with Gasteiger partial charge in [0.05, 0.1) is 17.4 Å². The van der Waals surface area contributed by atoms with Gasteiger partial charge in [0.1, 0.15) is 0 Å². The largest absolute Gasteiger partial charge is 0.354 e. The molecule has 27 heavy (non-hydrogen) atoms. The van der Waals surface area contributed by atoms with Crippen LogP contribution in [0.2, 0.25) is 0 Å². The molecule has 0 saturated carbocycles. The number of para-hydroxylation sites is 1. The van der Waals surface area contributed by atoms with E-state index in [1.54, 1.807) is 24.8 Å². The van der Waals surface area contributed by atoms with E-state index in [9.17, 15) is 4.79 Å². The van der Waals surface area contributed by atoms with Crippen LogP contribution in [0.1, 0.15) is 42.3 Å². The van der Waals surface area contributed by atoms with Crippen molar-refractivity contribution < 1.29 is 4.79 Å². The lowest BCUT2D eigenvalue weighted by atomic mass is 9.86. The molecular weight excluding hydrogens is 336 g/mol. The van der Waals surface area contributed by atoms with Crippen LogP contribution in [0.3, 0.4) is 0 Å². The van der Waals surface area contributed by atoms with E-state index in [1.165, 1.54) is 5.56 Å². The number of aromatic nitrogens is 2. The lowest BCUT2D eigenvalue weighted by Gasteiger charge is -2.23. The molecule has 0 spiro atoms. The highest BCUT2D eigenvalue weighted by Crippen LogP contribution is 2.31. The van der Waals surface area contributed by atoms with Gasteiger partial charge in [-0.15, -0.1) is 0 Å². The van der Waals surface area contributed by atoms with Gasteiger partial charge in [0.2, 0.25) is 0 Å². The minimum atomic E-state index is -0.160. The summed E-state index contributed by atoms with van der Waals surface area (Å²) in [5.74, 6) is -0.160. The molecule has 5 nitrogen and oxygen atoms in total. The molecule has 0 fully saturated rings. The van der Waals surface area contributed by atoms with Crippen molar-refractivity contribution in [2.75, 3.05) is 5.32 Å².